The predicted octanol–water partition coefficient (Wildman–Crippen LogP) is 3.52. The van der Waals surface area contributed by atoms with Crippen LogP contribution in [0.1, 0.15) is 69.8 Å². The molecule has 0 radical (unpaired) electrons. The molecule has 2 spiro atoms. The van der Waals surface area contributed by atoms with Crippen LogP contribution in [0.3, 0.4) is 0 Å². The predicted molar refractivity (Wildman–Crippen MR) is 118 cm³/mol. The van der Waals surface area contributed by atoms with Crippen LogP contribution < -0.4 is 5.43 Å². The quantitative estimate of drug-likeness (QED) is 0.533. The van der Waals surface area contributed by atoms with Crippen molar-refractivity contribution in [2.45, 2.75) is 106 Å². The molecule has 1 aromatic rings. The van der Waals surface area contributed by atoms with E-state index in [2.05, 4.69) is 10.5 Å². The maximum Gasteiger partial charge on any atom is 0.272 e. The molecule has 2 saturated carbocycles. The minimum absolute atomic E-state index is 0.277. The molecule has 5 fully saturated rings. The van der Waals surface area contributed by atoms with E-state index >= 15 is 0 Å². The zero-order chi connectivity index (χ0) is 23.2. The number of hydrazone groups is 1. The fraction of sp³-hybridized carbons (Fsp3) is 0.680. The van der Waals surface area contributed by atoms with Crippen LogP contribution in [0.2, 0.25) is 0 Å². The third-order valence-electron chi connectivity index (χ3n) is 7.65. The van der Waals surface area contributed by atoms with Crippen LogP contribution in [0.25, 0.3) is 0 Å². The Labute approximate surface area is 198 Å². The molecule has 3 saturated heterocycles. The summed E-state index contributed by atoms with van der Waals surface area (Å²) in [4.78, 5) is 13.2. The van der Waals surface area contributed by atoms with Gasteiger partial charge in [0.15, 0.2) is 24.0 Å². The first-order chi connectivity index (χ1) is 16.6. The van der Waals surface area contributed by atoms with Crippen LogP contribution in [0.4, 0.5) is 4.39 Å². The van der Waals surface area contributed by atoms with Crippen molar-refractivity contribution in [3.63, 3.8) is 0 Å². The second kappa shape index (κ2) is 8.95. The van der Waals surface area contributed by atoms with Crippen LogP contribution in [0, 0.1) is 5.82 Å². The lowest BCUT2D eigenvalue weighted by Crippen LogP contribution is -2.59. The Morgan fingerprint density at radius 1 is 0.882 bits per heavy atom. The lowest BCUT2D eigenvalue weighted by Gasteiger charge is -2.36. The Morgan fingerprint density at radius 3 is 2.21 bits per heavy atom. The molecule has 1 amide bonds. The summed E-state index contributed by atoms with van der Waals surface area (Å²) in [6, 6.07) is 6.22. The molecular formula is C25H31FN2O6. The summed E-state index contributed by atoms with van der Waals surface area (Å²) < 4.78 is 45.8. The molecule has 6 rings (SSSR count). The summed E-state index contributed by atoms with van der Waals surface area (Å²) >= 11 is 0. The second-order valence-corrected chi connectivity index (χ2v) is 9.99. The highest BCUT2D eigenvalue weighted by Crippen LogP contribution is 2.50. The number of amides is 1. The Hall–Kier alpha value is -1.91. The maximum atomic E-state index is 13.9. The standard InChI is InChI=1S/C25H31FN2O6/c26-17-10-4-3-9-16(17)15-27-28-22(29)20-18-19(32-24(31-18)11-5-1-6-12-24)21-23(30-20)34-25(33-21)13-7-2-8-14-25/h3-4,9-10,15,18-21,23H,1-2,5-8,11-14H2,(H,28,29)/b27-15-/t18-,19+,20-,21-,23+/m1/s1. The van der Waals surface area contributed by atoms with Crippen LogP contribution in [0.5, 0.6) is 0 Å². The molecule has 5 aliphatic rings. The van der Waals surface area contributed by atoms with Gasteiger partial charge in [0.05, 0.1) is 6.21 Å². The largest absolute Gasteiger partial charge is 0.341 e. The van der Waals surface area contributed by atoms with E-state index in [4.69, 9.17) is 23.7 Å². The van der Waals surface area contributed by atoms with Gasteiger partial charge in [0.25, 0.3) is 5.91 Å². The van der Waals surface area contributed by atoms with Gasteiger partial charge in [-0.3, -0.25) is 4.79 Å². The molecule has 2 aliphatic carbocycles. The van der Waals surface area contributed by atoms with Gasteiger partial charge in [-0.1, -0.05) is 31.0 Å². The Bertz CT molecular complexity index is 945. The molecule has 1 N–H and O–H groups in total. The SMILES string of the molecule is O=C(N/N=C\c1ccccc1F)[C@@H]1O[C@H]2OC3(CCCCC3)O[C@@H]2[C@H]2OC3(CCCCC3)O[C@H]21. The zero-order valence-electron chi connectivity index (χ0n) is 19.1. The number of hydrogen-bond donors (Lipinski definition) is 1. The first-order valence-corrected chi connectivity index (χ1v) is 12.5. The summed E-state index contributed by atoms with van der Waals surface area (Å²) in [6.07, 6.45) is 7.59. The highest BCUT2D eigenvalue weighted by Gasteiger charge is 2.65. The number of fused-ring (bicyclic) bond motifs is 3. The molecule has 8 nitrogen and oxygen atoms in total. The summed E-state index contributed by atoms with van der Waals surface area (Å²) in [5.41, 5.74) is 2.77. The maximum absolute atomic E-state index is 13.9. The van der Waals surface area contributed by atoms with Gasteiger partial charge in [-0.15, -0.1) is 0 Å². The highest BCUT2D eigenvalue weighted by molar-refractivity contribution is 5.85. The Morgan fingerprint density at radius 2 is 1.50 bits per heavy atom. The van der Waals surface area contributed by atoms with E-state index in [9.17, 15) is 9.18 Å². The van der Waals surface area contributed by atoms with E-state index in [0.717, 1.165) is 64.2 Å². The van der Waals surface area contributed by atoms with Crippen LogP contribution in [0.15, 0.2) is 29.4 Å². The van der Waals surface area contributed by atoms with Crippen molar-refractivity contribution >= 4 is 12.1 Å². The normalized spacial score (nSPS) is 36.0. The summed E-state index contributed by atoms with van der Waals surface area (Å²) in [5.74, 6) is -2.30. The first kappa shape index (κ1) is 22.5. The first-order valence-electron chi connectivity index (χ1n) is 12.5. The summed E-state index contributed by atoms with van der Waals surface area (Å²) in [5, 5.41) is 3.95. The number of halogens is 1. The number of carbonyl (C=O) groups is 1. The lowest BCUT2D eigenvalue weighted by atomic mass is 9.94. The van der Waals surface area contributed by atoms with Gasteiger partial charge < -0.3 is 23.7 Å². The van der Waals surface area contributed by atoms with Gasteiger partial charge in [0.2, 0.25) is 0 Å². The smallest absolute Gasteiger partial charge is 0.272 e. The number of nitrogens with one attached hydrogen (secondary N) is 1. The van der Waals surface area contributed by atoms with E-state index in [-0.39, 0.29) is 5.56 Å². The third kappa shape index (κ3) is 4.07. The van der Waals surface area contributed by atoms with E-state index < -0.39 is 54.0 Å². The van der Waals surface area contributed by atoms with E-state index in [0.29, 0.717) is 0 Å². The number of rotatable bonds is 3. The molecule has 0 unspecified atom stereocenters. The number of ether oxygens (including phenoxy) is 5. The second-order valence-electron chi connectivity index (χ2n) is 9.99. The number of benzene rings is 1. The van der Waals surface area contributed by atoms with Crippen molar-refractivity contribution in [3.8, 4) is 0 Å². The zero-order valence-corrected chi connectivity index (χ0v) is 19.1. The Balaban J connectivity index is 1.22. The van der Waals surface area contributed by atoms with Gasteiger partial charge >= 0.3 is 0 Å². The fourth-order valence-electron chi connectivity index (χ4n) is 5.98. The molecule has 1 aromatic carbocycles. The van der Waals surface area contributed by atoms with E-state index in [1.165, 1.54) is 12.3 Å². The summed E-state index contributed by atoms with van der Waals surface area (Å²) in [7, 11) is 0. The van der Waals surface area contributed by atoms with Crippen molar-refractivity contribution in [2.75, 3.05) is 0 Å². The molecule has 0 bridgehead atoms. The summed E-state index contributed by atoms with van der Waals surface area (Å²) in [6.45, 7) is 0. The monoisotopic (exact) mass is 474 g/mol. The molecule has 5 atom stereocenters. The van der Waals surface area contributed by atoms with Gasteiger partial charge in [-0.25, -0.2) is 9.82 Å². The van der Waals surface area contributed by atoms with Gasteiger partial charge in [-0.05, 0) is 31.7 Å². The molecule has 0 aromatic heterocycles. The minimum Gasteiger partial charge on any atom is -0.341 e. The molecule has 184 valence electrons. The number of hydrogen-bond acceptors (Lipinski definition) is 7. The van der Waals surface area contributed by atoms with E-state index in [1.807, 2.05) is 0 Å². The lowest BCUT2D eigenvalue weighted by molar-refractivity contribution is -0.247. The molecule has 3 heterocycles. The van der Waals surface area contributed by atoms with Crippen molar-refractivity contribution in [3.05, 3.63) is 35.6 Å². The topological polar surface area (TPSA) is 87.6 Å². The van der Waals surface area contributed by atoms with Gasteiger partial charge in [0.1, 0.15) is 24.1 Å². The third-order valence-corrected chi connectivity index (χ3v) is 7.65. The van der Waals surface area contributed by atoms with Crippen molar-refractivity contribution < 1.29 is 32.9 Å². The van der Waals surface area contributed by atoms with Gasteiger partial charge in [0, 0.05) is 31.2 Å². The number of nitrogens with zero attached hydrogens (tertiary/aromatic N) is 1. The molecule has 3 aliphatic heterocycles. The van der Waals surface area contributed by atoms with Crippen molar-refractivity contribution in [1.29, 1.82) is 0 Å². The molecular weight excluding hydrogens is 443 g/mol. The van der Waals surface area contributed by atoms with Crippen LogP contribution in [-0.2, 0) is 28.5 Å². The average Bonchev–Trinajstić information content (AvgIpc) is 3.38. The highest BCUT2D eigenvalue weighted by atomic mass is 19.1. The Kier molecular flexibility index (Phi) is 5.93. The fourth-order valence-corrected chi connectivity index (χ4v) is 5.98. The minimum atomic E-state index is -0.979. The van der Waals surface area contributed by atoms with Crippen LogP contribution in [-0.4, -0.2) is 54.4 Å². The van der Waals surface area contributed by atoms with Crippen molar-refractivity contribution in [2.24, 2.45) is 5.10 Å². The average molecular weight is 475 g/mol. The van der Waals surface area contributed by atoms with E-state index in [1.54, 1.807) is 18.2 Å². The number of carbonyl (C=O) groups excluding carboxylic acids is 1. The molecule has 9 heteroatoms. The molecule has 34 heavy (non-hydrogen) atoms. The van der Waals surface area contributed by atoms with Crippen molar-refractivity contribution in [1.82, 2.24) is 5.43 Å². The van der Waals surface area contributed by atoms with Crippen LogP contribution >= 0.6 is 0 Å². The van der Waals surface area contributed by atoms with Gasteiger partial charge in [-0.2, -0.15) is 5.10 Å².